The fourth-order valence-electron chi connectivity index (χ4n) is 2.04. The average Bonchev–Trinajstić information content (AvgIpc) is 3.08. The number of imidazole rings is 1. The van der Waals surface area contributed by atoms with Gasteiger partial charge < -0.3 is 9.88 Å². The molecule has 1 fully saturated rings. The summed E-state index contributed by atoms with van der Waals surface area (Å²) in [5, 5.41) is 2.94. The molecular weight excluding hydrogens is 272 g/mol. The Hall–Kier alpha value is -1.62. The van der Waals surface area contributed by atoms with Crippen LogP contribution in [0.5, 0.6) is 0 Å². The zero-order valence-corrected chi connectivity index (χ0v) is 10.8. The molecule has 1 N–H and O–H groups in total. The summed E-state index contributed by atoms with van der Waals surface area (Å²) in [5.74, 6) is -1.38. The summed E-state index contributed by atoms with van der Waals surface area (Å²) in [7, 11) is 0. The monoisotopic (exact) mass is 283 g/mol. The fraction of sp³-hybridized carbons (Fsp3) is 0.308. The van der Waals surface area contributed by atoms with E-state index in [0.717, 1.165) is 30.7 Å². The van der Waals surface area contributed by atoms with E-state index in [1.807, 2.05) is 0 Å². The number of anilines is 1. The summed E-state index contributed by atoms with van der Waals surface area (Å²) >= 11 is 5.82. The molecule has 1 aromatic heterocycles. The first-order valence-corrected chi connectivity index (χ1v) is 6.42. The van der Waals surface area contributed by atoms with Gasteiger partial charge >= 0.3 is 0 Å². The number of benzene rings is 1. The molecular formula is C13H12ClF2N3. The van der Waals surface area contributed by atoms with Crippen LogP contribution < -0.4 is 5.32 Å². The second kappa shape index (κ2) is 4.81. The number of halogens is 3. The zero-order valence-electron chi connectivity index (χ0n) is 10.0. The van der Waals surface area contributed by atoms with Crippen LogP contribution >= 0.6 is 11.6 Å². The van der Waals surface area contributed by atoms with Crippen molar-refractivity contribution in [3.63, 3.8) is 0 Å². The molecule has 0 atom stereocenters. The van der Waals surface area contributed by atoms with Crippen LogP contribution in [0.4, 0.5) is 14.5 Å². The van der Waals surface area contributed by atoms with E-state index in [0.29, 0.717) is 12.6 Å². The Morgan fingerprint density at radius 1 is 1.37 bits per heavy atom. The predicted molar refractivity (Wildman–Crippen MR) is 69.2 cm³/mol. The van der Waals surface area contributed by atoms with Gasteiger partial charge in [0.1, 0.15) is 5.82 Å². The van der Waals surface area contributed by atoms with Crippen molar-refractivity contribution in [1.82, 2.24) is 9.55 Å². The Kier molecular flexibility index (Phi) is 3.14. The Bertz CT molecular complexity index is 585. The molecule has 100 valence electrons. The minimum atomic E-state index is -0.692. The molecule has 0 aliphatic heterocycles. The van der Waals surface area contributed by atoms with E-state index in [9.17, 15) is 8.78 Å². The SMILES string of the molecule is Fc1cc(F)c(NCc2cncn2C2CC2)c(Cl)c1. The minimum Gasteiger partial charge on any atom is -0.376 e. The lowest BCUT2D eigenvalue weighted by Crippen LogP contribution is -2.07. The summed E-state index contributed by atoms with van der Waals surface area (Å²) in [4.78, 5) is 4.09. The van der Waals surface area contributed by atoms with Gasteiger partial charge in [0.2, 0.25) is 0 Å². The molecule has 3 rings (SSSR count). The van der Waals surface area contributed by atoms with E-state index in [1.165, 1.54) is 0 Å². The maximum atomic E-state index is 13.6. The molecule has 0 saturated heterocycles. The number of nitrogens with one attached hydrogen (secondary N) is 1. The van der Waals surface area contributed by atoms with Crippen LogP contribution in [0.3, 0.4) is 0 Å². The van der Waals surface area contributed by atoms with Gasteiger partial charge in [-0.3, -0.25) is 0 Å². The van der Waals surface area contributed by atoms with E-state index >= 15 is 0 Å². The van der Waals surface area contributed by atoms with Crippen molar-refractivity contribution in [2.75, 3.05) is 5.32 Å². The molecule has 3 nitrogen and oxygen atoms in total. The first kappa shape index (κ1) is 12.4. The lowest BCUT2D eigenvalue weighted by Gasteiger charge is -2.11. The van der Waals surface area contributed by atoms with Crippen molar-refractivity contribution in [1.29, 1.82) is 0 Å². The van der Waals surface area contributed by atoms with E-state index in [4.69, 9.17) is 11.6 Å². The standard InChI is InChI=1S/C13H12ClF2N3/c14-11-3-8(15)4-12(16)13(11)18-6-10-5-17-7-19(10)9-1-2-9/h3-5,7,9,18H,1-2,6H2. The molecule has 1 saturated carbocycles. The van der Waals surface area contributed by atoms with Gasteiger partial charge in [-0.25, -0.2) is 13.8 Å². The molecule has 0 unspecified atom stereocenters. The topological polar surface area (TPSA) is 29.9 Å². The number of rotatable bonds is 4. The Morgan fingerprint density at radius 2 is 2.16 bits per heavy atom. The zero-order chi connectivity index (χ0) is 13.4. The summed E-state index contributed by atoms with van der Waals surface area (Å²) in [5.41, 5.74) is 1.08. The Morgan fingerprint density at radius 3 is 2.84 bits per heavy atom. The van der Waals surface area contributed by atoms with E-state index < -0.39 is 11.6 Å². The van der Waals surface area contributed by atoms with Gasteiger partial charge in [0.05, 0.1) is 29.3 Å². The van der Waals surface area contributed by atoms with Crippen molar-refractivity contribution in [2.24, 2.45) is 0 Å². The Balaban J connectivity index is 1.77. The van der Waals surface area contributed by atoms with Gasteiger partial charge in [-0.05, 0) is 18.9 Å². The summed E-state index contributed by atoms with van der Waals surface area (Å²) in [6.07, 6.45) is 5.81. The molecule has 19 heavy (non-hydrogen) atoms. The second-order valence-electron chi connectivity index (χ2n) is 4.62. The molecule has 2 aromatic rings. The van der Waals surface area contributed by atoms with Gasteiger partial charge in [-0.1, -0.05) is 11.6 Å². The van der Waals surface area contributed by atoms with Crippen LogP contribution in [0.1, 0.15) is 24.6 Å². The lowest BCUT2D eigenvalue weighted by atomic mass is 10.3. The van der Waals surface area contributed by atoms with E-state index in [-0.39, 0.29) is 10.7 Å². The fourth-order valence-corrected chi connectivity index (χ4v) is 2.30. The van der Waals surface area contributed by atoms with Crippen LogP contribution in [-0.2, 0) is 6.54 Å². The van der Waals surface area contributed by atoms with Crippen molar-refractivity contribution in [3.05, 3.63) is 47.0 Å². The smallest absolute Gasteiger partial charge is 0.150 e. The number of hydrogen-bond donors (Lipinski definition) is 1. The molecule has 1 heterocycles. The molecule has 1 aromatic carbocycles. The molecule has 6 heteroatoms. The maximum absolute atomic E-state index is 13.6. The highest BCUT2D eigenvalue weighted by Crippen LogP contribution is 2.36. The predicted octanol–water partition coefficient (Wildman–Crippen LogP) is 3.76. The number of hydrogen-bond acceptors (Lipinski definition) is 2. The second-order valence-corrected chi connectivity index (χ2v) is 5.03. The van der Waals surface area contributed by atoms with Crippen LogP contribution in [0.15, 0.2) is 24.7 Å². The summed E-state index contributed by atoms with van der Waals surface area (Å²) in [6.45, 7) is 0.402. The largest absolute Gasteiger partial charge is 0.376 e. The van der Waals surface area contributed by atoms with Gasteiger partial charge in [-0.15, -0.1) is 0 Å². The third-order valence-corrected chi connectivity index (χ3v) is 3.44. The van der Waals surface area contributed by atoms with Crippen LogP contribution in [0.25, 0.3) is 0 Å². The van der Waals surface area contributed by atoms with Gasteiger partial charge in [-0.2, -0.15) is 0 Å². The minimum absolute atomic E-state index is 0.0370. The van der Waals surface area contributed by atoms with E-state index in [1.54, 1.807) is 12.5 Å². The lowest BCUT2D eigenvalue weighted by molar-refractivity contribution is 0.585. The number of aromatic nitrogens is 2. The van der Waals surface area contributed by atoms with Crippen LogP contribution in [0.2, 0.25) is 5.02 Å². The summed E-state index contributed by atoms with van der Waals surface area (Å²) < 4.78 is 28.6. The Labute approximate surface area is 114 Å². The quantitative estimate of drug-likeness (QED) is 0.926. The van der Waals surface area contributed by atoms with Gasteiger partial charge in [0.25, 0.3) is 0 Å². The van der Waals surface area contributed by atoms with Crippen LogP contribution in [-0.4, -0.2) is 9.55 Å². The maximum Gasteiger partial charge on any atom is 0.150 e. The molecule has 1 aliphatic carbocycles. The normalized spacial score (nSPS) is 14.7. The van der Waals surface area contributed by atoms with Crippen molar-refractivity contribution in [2.45, 2.75) is 25.4 Å². The van der Waals surface area contributed by atoms with Crippen LogP contribution in [0, 0.1) is 11.6 Å². The first-order chi connectivity index (χ1) is 9.15. The van der Waals surface area contributed by atoms with Crippen molar-refractivity contribution < 1.29 is 8.78 Å². The third kappa shape index (κ3) is 2.56. The molecule has 0 spiro atoms. The highest BCUT2D eigenvalue weighted by Gasteiger charge is 2.25. The molecule has 1 aliphatic rings. The number of nitrogens with zero attached hydrogens (tertiary/aromatic N) is 2. The van der Waals surface area contributed by atoms with E-state index in [2.05, 4.69) is 14.9 Å². The van der Waals surface area contributed by atoms with Crippen molar-refractivity contribution in [3.8, 4) is 0 Å². The first-order valence-electron chi connectivity index (χ1n) is 6.04. The van der Waals surface area contributed by atoms with Gasteiger partial charge in [0, 0.05) is 18.3 Å². The molecule has 0 radical (unpaired) electrons. The average molecular weight is 284 g/mol. The summed E-state index contributed by atoms with van der Waals surface area (Å²) in [6, 6.07) is 2.41. The highest BCUT2D eigenvalue weighted by molar-refractivity contribution is 6.33. The van der Waals surface area contributed by atoms with Gasteiger partial charge in [0.15, 0.2) is 5.82 Å². The molecule has 0 amide bonds. The van der Waals surface area contributed by atoms with Crippen molar-refractivity contribution >= 4 is 17.3 Å². The highest BCUT2D eigenvalue weighted by atomic mass is 35.5. The molecule has 0 bridgehead atoms. The third-order valence-electron chi connectivity index (χ3n) is 3.14.